The quantitative estimate of drug-likeness (QED) is 0.798. The molecule has 0 aliphatic heterocycles. The molecule has 0 aromatic carbocycles. The lowest BCUT2D eigenvalue weighted by molar-refractivity contribution is 0.557. The summed E-state index contributed by atoms with van der Waals surface area (Å²) in [5, 5.41) is 4.31. The van der Waals surface area contributed by atoms with E-state index in [1.165, 1.54) is 0 Å². The molecular weight excluding hydrogens is 214 g/mol. The van der Waals surface area contributed by atoms with Gasteiger partial charge >= 0.3 is 0 Å². The Balaban J connectivity index is 2.03. The summed E-state index contributed by atoms with van der Waals surface area (Å²) in [4.78, 5) is 8.94. The minimum atomic E-state index is 0.0940. The van der Waals surface area contributed by atoms with Crippen molar-refractivity contribution >= 4 is 0 Å². The van der Waals surface area contributed by atoms with E-state index in [2.05, 4.69) is 15.1 Å². The molecule has 88 valence electrons. The first-order valence-corrected chi connectivity index (χ1v) is 5.85. The summed E-state index contributed by atoms with van der Waals surface area (Å²) in [7, 11) is 1.89. The average Bonchev–Trinajstić information content (AvgIpc) is 2.76. The van der Waals surface area contributed by atoms with E-state index >= 15 is 0 Å². The fraction of sp³-hybridized carbons (Fsp3) is 0.417. The van der Waals surface area contributed by atoms with Gasteiger partial charge in [-0.2, -0.15) is 5.10 Å². The van der Waals surface area contributed by atoms with Gasteiger partial charge in [-0.25, -0.2) is 9.97 Å². The molecule has 1 atom stereocenters. The minimum absolute atomic E-state index is 0.0940. The monoisotopic (exact) mass is 229 g/mol. The predicted octanol–water partition coefficient (Wildman–Crippen LogP) is 1.21. The lowest BCUT2D eigenvalue weighted by Crippen LogP contribution is -2.19. The van der Waals surface area contributed by atoms with Crippen LogP contribution >= 0.6 is 0 Å². The molecular formula is C12H15N5. The second kappa shape index (κ2) is 3.92. The fourth-order valence-electron chi connectivity index (χ4n) is 2.24. The van der Waals surface area contributed by atoms with Gasteiger partial charge in [-0.1, -0.05) is 0 Å². The molecule has 1 aliphatic rings. The third-order valence-electron chi connectivity index (χ3n) is 3.17. The zero-order valence-electron chi connectivity index (χ0n) is 9.80. The van der Waals surface area contributed by atoms with E-state index in [1.54, 1.807) is 4.68 Å². The molecule has 3 rings (SSSR count). The van der Waals surface area contributed by atoms with Crippen LogP contribution in [0.1, 0.15) is 30.1 Å². The highest BCUT2D eigenvalue weighted by Gasteiger charge is 2.19. The summed E-state index contributed by atoms with van der Waals surface area (Å²) in [6, 6.07) is 2.02. The van der Waals surface area contributed by atoms with E-state index in [9.17, 15) is 0 Å². The number of rotatable bonds is 1. The lowest BCUT2D eigenvalue weighted by Gasteiger charge is -2.20. The summed E-state index contributed by atoms with van der Waals surface area (Å²) in [6.45, 7) is 0. The van der Waals surface area contributed by atoms with Gasteiger partial charge in [0.05, 0.1) is 0 Å². The van der Waals surface area contributed by atoms with Gasteiger partial charge in [-0.3, -0.25) is 4.68 Å². The first kappa shape index (κ1) is 10.4. The number of hydrogen-bond acceptors (Lipinski definition) is 4. The Labute approximate surface area is 99.7 Å². The van der Waals surface area contributed by atoms with Crippen LogP contribution in [-0.2, 0) is 13.5 Å². The summed E-state index contributed by atoms with van der Waals surface area (Å²) in [6.07, 6.45) is 6.87. The van der Waals surface area contributed by atoms with Gasteiger partial charge in [0.15, 0.2) is 5.82 Å². The normalized spacial score (nSPS) is 19.1. The molecule has 2 N–H and O–H groups in total. The van der Waals surface area contributed by atoms with E-state index in [1.807, 2.05) is 25.5 Å². The Morgan fingerprint density at radius 1 is 1.47 bits per heavy atom. The molecule has 0 fully saturated rings. The SMILES string of the molecule is Cn1ccc(-c2ncc3c(n2)CCCC3N)n1. The molecule has 1 unspecified atom stereocenters. The van der Waals surface area contributed by atoms with Crippen LogP contribution in [0.4, 0.5) is 0 Å². The van der Waals surface area contributed by atoms with Gasteiger partial charge in [-0.05, 0) is 25.3 Å². The van der Waals surface area contributed by atoms with Crippen molar-refractivity contribution in [2.75, 3.05) is 0 Å². The predicted molar refractivity (Wildman–Crippen MR) is 64.1 cm³/mol. The first-order chi connectivity index (χ1) is 8.24. The molecule has 1 aliphatic carbocycles. The summed E-state index contributed by atoms with van der Waals surface area (Å²) in [5.74, 6) is 0.693. The molecule has 0 radical (unpaired) electrons. The second-order valence-electron chi connectivity index (χ2n) is 4.47. The van der Waals surface area contributed by atoms with Gasteiger partial charge in [0.1, 0.15) is 5.69 Å². The Kier molecular flexibility index (Phi) is 2.40. The van der Waals surface area contributed by atoms with E-state index in [4.69, 9.17) is 5.73 Å². The standard InChI is InChI=1S/C12H15N5/c1-17-6-5-11(16-17)12-14-7-8-9(13)3-2-4-10(8)15-12/h5-7,9H,2-4,13H2,1H3. The number of hydrogen-bond donors (Lipinski definition) is 1. The van der Waals surface area contributed by atoms with Gasteiger partial charge in [-0.15, -0.1) is 0 Å². The molecule has 2 aromatic heterocycles. The van der Waals surface area contributed by atoms with Crippen molar-refractivity contribution in [2.24, 2.45) is 12.8 Å². The highest BCUT2D eigenvalue weighted by molar-refractivity contribution is 5.48. The van der Waals surface area contributed by atoms with Crippen LogP contribution in [0.5, 0.6) is 0 Å². The Morgan fingerprint density at radius 3 is 3.12 bits per heavy atom. The average molecular weight is 229 g/mol. The molecule has 0 bridgehead atoms. The highest BCUT2D eigenvalue weighted by Crippen LogP contribution is 2.27. The van der Waals surface area contributed by atoms with Crippen LogP contribution in [0.15, 0.2) is 18.5 Å². The molecule has 0 spiro atoms. The molecule has 2 heterocycles. The van der Waals surface area contributed by atoms with E-state index in [0.29, 0.717) is 5.82 Å². The number of nitrogens with two attached hydrogens (primary N) is 1. The van der Waals surface area contributed by atoms with Gasteiger partial charge in [0.2, 0.25) is 0 Å². The number of aryl methyl sites for hydroxylation is 2. The summed E-state index contributed by atoms with van der Waals surface area (Å²) in [5.41, 5.74) is 9.03. The zero-order valence-corrected chi connectivity index (χ0v) is 9.80. The van der Waals surface area contributed by atoms with Crippen LogP contribution in [0, 0.1) is 0 Å². The van der Waals surface area contributed by atoms with Crippen LogP contribution < -0.4 is 5.73 Å². The van der Waals surface area contributed by atoms with Gasteiger partial charge in [0.25, 0.3) is 0 Å². The third kappa shape index (κ3) is 1.82. The third-order valence-corrected chi connectivity index (χ3v) is 3.17. The summed E-state index contributed by atoms with van der Waals surface area (Å²) >= 11 is 0. The van der Waals surface area contributed by atoms with Crippen molar-refractivity contribution in [1.29, 1.82) is 0 Å². The van der Waals surface area contributed by atoms with Gasteiger partial charge < -0.3 is 5.73 Å². The van der Waals surface area contributed by atoms with Crippen LogP contribution in [0.3, 0.4) is 0 Å². The van der Waals surface area contributed by atoms with Crippen molar-refractivity contribution in [1.82, 2.24) is 19.7 Å². The Hall–Kier alpha value is -1.75. The molecule has 0 saturated heterocycles. The molecule has 0 amide bonds. The van der Waals surface area contributed by atoms with Crippen LogP contribution in [-0.4, -0.2) is 19.7 Å². The van der Waals surface area contributed by atoms with Crippen molar-refractivity contribution in [3.63, 3.8) is 0 Å². The maximum atomic E-state index is 6.04. The maximum absolute atomic E-state index is 6.04. The van der Waals surface area contributed by atoms with E-state index < -0.39 is 0 Å². The first-order valence-electron chi connectivity index (χ1n) is 5.85. The topological polar surface area (TPSA) is 69.6 Å². The van der Waals surface area contributed by atoms with Crippen LogP contribution in [0.2, 0.25) is 0 Å². The Morgan fingerprint density at radius 2 is 2.35 bits per heavy atom. The molecule has 2 aromatic rings. The maximum Gasteiger partial charge on any atom is 0.180 e. The second-order valence-corrected chi connectivity index (χ2v) is 4.47. The molecule has 5 heteroatoms. The van der Waals surface area contributed by atoms with Crippen LogP contribution in [0.25, 0.3) is 11.5 Å². The molecule has 0 saturated carbocycles. The largest absolute Gasteiger partial charge is 0.324 e. The highest BCUT2D eigenvalue weighted by atomic mass is 15.3. The summed E-state index contributed by atoms with van der Waals surface area (Å²) < 4.78 is 1.75. The van der Waals surface area contributed by atoms with Crippen molar-refractivity contribution in [2.45, 2.75) is 25.3 Å². The number of fused-ring (bicyclic) bond motifs is 1. The van der Waals surface area contributed by atoms with Gasteiger partial charge in [0, 0.05) is 36.7 Å². The Bertz CT molecular complexity index is 546. The molecule has 5 nitrogen and oxygen atoms in total. The van der Waals surface area contributed by atoms with E-state index in [0.717, 1.165) is 36.2 Å². The number of aromatic nitrogens is 4. The fourth-order valence-corrected chi connectivity index (χ4v) is 2.24. The number of nitrogens with zero attached hydrogens (tertiary/aromatic N) is 4. The molecule has 17 heavy (non-hydrogen) atoms. The van der Waals surface area contributed by atoms with Crippen molar-refractivity contribution in [3.8, 4) is 11.5 Å². The van der Waals surface area contributed by atoms with E-state index in [-0.39, 0.29) is 6.04 Å². The lowest BCUT2D eigenvalue weighted by atomic mass is 9.93. The zero-order chi connectivity index (χ0) is 11.8. The smallest absolute Gasteiger partial charge is 0.180 e. The van der Waals surface area contributed by atoms with Crippen molar-refractivity contribution < 1.29 is 0 Å². The minimum Gasteiger partial charge on any atom is -0.324 e. The van der Waals surface area contributed by atoms with Crippen molar-refractivity contribution in [3.05, 3.63) is 29.7 Å².